The number of nitrogens with one attached hydrogen (secondary N) is 2. The number of pyridine rings is 1. The fourth-order valence-electron chi connectivity index (χ4n) is 1.28. The van der Waals surface area contributed by atoms with Crippen molar-refractivity contribution in [3.05, 3.63) is 36.7 Å². The topological polar surface area (TPSA) is 52.2 Å². The highest BCUT2D eigenvalue weighted by Gasteiger charge is 1.99. The molecule has 0 saturated heterocycles. The molecule has 0 bridgehead atoms. The van der Waals surface area contributed by atoms with Gasteiger partial charge in [-0.1, -0.05) is 12.1 Å². The van der Waals surface area contributed by atoms with Crippen LogP contribution in [0.5, 0.6) is 0 Å². The number of H-pyrrole nitrogens is 1. The molecule has 1 heterocycles. The van der Waals surface area contributed by atoms with Crippen molar-refractivity contribution < 1.29 is 4.98 Å². The summed E-state index contributed by atoms with van der Waals surface area (Å²) in [5.41, 5.74) is 3.58. The predicted octanol–water partition coefficient (Wildman–Crippen LogP) is 0.940. The summed E-state index contributed by atoms with van der Waals surface area (Å²) in [6, 6.07) is 7.97. The van der Waals surface area contributed by atoms with Crippen molar-refractivity contribution in [1.82, 2.24) is 0 Å². The first kappa shape index (κ1) is 7.06. The van der Waals surface area contributed by atoms with E-state index in [1.54, 1.807) is 0 Å². The Kier molecular flexibility index (Phi) is 1.64. The van der Waals surface area contributed by atoms with Crippen molar-refractivity contribution >= 4 is 16.5 Å². The molecule has 2 rings (SSSR count). The highest BCUT2D eigenvalue weighted by molar-refractivity contribution is 5.92. The summed E-state index contributed by atoms with van der Waals surface area (Å²) in [7, 11) is 0. The molecule has 1 aromatic heterocycles. The molecule has 1 aromatic carbocycles. The van der Waals surface area contributed by atoms with Crippen molar-refractivity contribution in [3.8, 4) is 0 Å². The number of nitrogen functional groups attached to an aromatic ring is 1. The number of fused-ring (bicyclic) bond motifs is 1. The van der Waals surface area contributed by atoms with Gasteiger partial charge in [0.25, 0.3) is 0 Å². The first-order valence-electron chi connectivity index (χ1n) is 3.77. The van der Waals surface area contributed by atoms with Crippen molar-refractivity contribution in [2.45, 2.75) is 0 Å². The maximum Gasteiger partial charge on any atom is 0.177 e. The number of nitrogens with two attached hydrogens (primary N) is 1. The average molecular weight is 160 g/mol. The van der Waals surface area contributed by atoms with E-state index < -0.39 is 0 Å². The lowest BCUT2D eigenvalue weighted by atomic mass is 10.1. The Morgan fingerprint density at radius 3 is 3.00 bits per heavy atom. The zero-order chi connectivity index (χ0) is 8.39. The lowest BCUT2D eigenvalue weighted by Gasteiger charge is -2.01. The third kappa shape index (κ3) is 1.00. The van der Waals surface area contributed by atoms with Crippen molar-refractivity contribution in [2.24, 2.45) is 5.84 Å². The minimum atomic E-state index is 0.935. The number of aromatic amines is 1. The fourth-order valence-corrected chi connectivity index (χ4v) is 1.28. The van der Waals surface area contributed by atoms with E-state index >= 15 is 0 Å². The normalized spacial score (nSPS) is 10.1. The van der Waals surface area contributed by atoms with E-state index in [0.29, 0.717) is 0 Å². The number of rotatable bonds is 1. The smallest absolute Gasteiger partial charge is 0.177 e. The van der Waals surface area contributed by atoms with E-state index in [0.717, 1.165) is 11.1 Å². The zero-order valence-electron chi connectivity index (χ0n) is 6.54. The van der Waals surface area contributed by atoms with Gasteiger partial charge >= 0.3 is 0 Å². The van der Waals surface area contributed by atoms with Crippen molar-refractivity contribution in [2.75, 3.05) is 5.43 Å². The van der Waals surface area contributed by atoms with Crippen LogP contribution in [-0.4, -0.2) is 0 Å². The Bertz CT molecular complexity index is 392. The van der Waals surface area contributed by atoms with Crippen molar-refractivity contribution in [1.29, 1.82) is 0 Å². The molecule has 0 fully saturated rings. The molecule has 3 heteroatoms. The van der Waals surface area contributed by atoms with Gasteiger partial charge in [-0.3, -0.25) is 5.84 Å². The maximum absolute atomic E-state index is 5.35. The molecular weight excluding hydrogens is 150 g/mol. The third-order valence-electron chi connectivity index (χ3n) is 1.88. The Hall–Kier alpha value is -1.61. The van der Waals surface area contributed by atoms with Crippen LogP contribution in [0.15, 0.2) is 36.7 Å². The van der Waals surface area contributed by atoms with Crippen LogP contribution >= 0.6 is 0 Å². The molecule has 4 N–H and O–H groups in total. The zero-order valence-corrected chi connectivity index (χ0v) is 6.54. The largest absolute Gasteiger partial charge is 0.323 e. The second-order valence-corrected chi connectivity index (χ2v) is 2.60. The van der Waals surface area contributed by atoms with Gasteiger partial charge in [0.1, 0.15) is 0 Å². The molecule has 0 spiro atoms. The molecule has 0 aliphatic carbocycles. The van der Waals surface area contributed by atoms with Gasteiger partial charge < -0.3 is 5.43 Å². The highest BCUT2D eigenvalue weighted by atomic mass is 15.2. The Labute approximate surface area is 70.2 Å². The molecule has 0 amide bonds. The third-order valence-corrected chi connectivity index (χ3v) is 1.88. The van der Waals surface area contributed by atoms with Gasteiger partial charge in [-0.2, -0.15) is 0 Å². The average Bonchev–Trinajstić information content (AvgIpc) is 2.17. The van der Waals surface area contributed by atoms with Crippen molar-refractivity contribution in [3.63, 3.8) is 0 Å². The minimum absolute atomic E-state index is 0.935. The number of aromatic nitrogens is 1. The number of benzene rings is 1. The van der Waals surface area contributed by atoms with Gasteiger partial charge in [0.2, 0.25) is 0 Å². The van der Waals surface area contributed by atoms with Crippen LogP contribution in [0, 0.1) is 0 Å². The van der Waals surface area contributed by atoms with Crippen LogP contribution in [0.1, 0.15) is 0 Å². The molecule has 0 atom stereocenters. The van der Waals surface area contributed by atoms with E-state index in [1.807, 2.05) is 36.7 Å². The predicted molar refractivity (Wildman–Crippen MR) is 48.3 cm³/mol. The number of hydrogen-bond acceptors (Lipinski definition) is 2. The summed E-state index contributed by atoms with van der Waals surface area (Å²) >= 11 is 0. The quantitative estimate of drug-likeness (QED) is 0.482. The molecule has 0 radical (unpaired) electrons. The second-order valence-electron chi connectivity index (χ2n) is 2.60. The van der Waals surface area contributed by atoms with Gasteiger partial charge in [0, 0.05) is 6.07 Å². The van der Waals surface area contributed by atoms with Crippen LogP contribution in [0.3, 0.4) is 0 Å². The highest BCUT2D eigenvalue weighted by Crippen LogP contribution is 2.19. The Balaban J connectivity index is 2.79. The van der Waals surface area contributed by atoms with E-state index in [-0.39, 0.29) is 0 Å². The van der Waals surface area contributed by atoms with Gasteiger partial charge in [-0.25, -0.2) is 4.98 Å². The van der Waals surface area contributed by atoms with E-state index in [2.05, 4.69) is 10.4 Å². The first-order valence-corrected chi connectivity index (χ1v) is 3.77. The van der Waals surface area contributed by atoms with Crippen LogP contribution in [0.4, 0.5) is 5.69 Å². The van der Waals surface area contributed by atoms with Crippen LogP contribution in [0.2, 0.25) is 0 Å². The molecule has 0 saturated carbocycles. The molecule has 3 nitrogen and oxygen atoms in total. The van der Waals surface area contributed by atoms with Crippen LogP contribution < -0.4 is 16.3 Å². The van der Waals surface area contributed by atoms with E-state index in [9.17, 15) is 0 Å². The number of hydrazine groups is 1. The fraction of sp³-hybridized carbons (Fsp3) is 0. The Morgan fingerprint density at radius 1 is 1.25 bits per heavy atom. The first-order chi connectivity index (χ1) is 5.92. The summed E-state index contributed by atoms with van der Waals surface area (Å²) in [5, 5.41) is 2.27. The standard InChI is InChI=1S/C9H9N3/c10-12-9-3-1-2-7-4-5-11-6-8(7)9/h1-6,12H,10H2/p+1. The molecular formula is C9H10N3+. The SMILES string of the molecule is NNc1cccc2cc[nH+]cc12. The lowest BCUT2D eigenvalue weighted by molar-refractivity contribution is -0.375. The molecule has 12 heavy (non-hydrogen) atoms. The minimum Gasteiger partial charge on any atom is -0.323 e. The summed E-state index contributed by atoms with van der Waals surface area (Å²) in [4.78, 5) is 3.01. The molecule has 0 aliphatic rings. The van der Waals surface area contributed by atoms with Crippen LogP contribution in [0.25, 0.3) is 10.8 Å². The molecule has 2 aromatic rings. The van der Waals surface area contributed by atoms with E-state index in [4.69, 9.17) is 5.84 Å². The van der Waals surface area contributed by atoms with Crippen LogP contribution in [-0.2, 0) is 0 Å². The number of anilines is 1. The molecule has 0 aliphatic heterocycles. The number of hydrogen-bond donors (Lipinski definition) is 2. The second kappa shape index (κ2) is 2.79. The summed E-state index contributed by atoms with van der Waals surface area (Å²) in [6.45, 7) is 0. The van der Waals surface area contributed by atoms with Gasteiger partial charge in [-0.05, 0) is 11.5 Å². The Morgan fingerprint density at radius 2 is 2.17 bits per heavy atom. The molecule has 60 valence electrons. The monoisotopic (exact) mass is 160 g/mol. The lowest BCUT2D eigenvalue weighted by Crippen LogP contribution is -2.08. The van der Waals surface area contributed by atoms with E-state index in [1.165, 1.54) is 5.39 Å². The summed E-state index contributed by atoms with van der Waals surface area (Å²) in [5.74, 6) is 5.35. The van der Waals surface area contributed by atoms with Gasteiger partial charge in [0.05, 0.1) is 11.1 Å². The summed E-state index contributed by atoms with van der Waals surface area (Å²) in [6.07, 6.45) is 3.81. The molecule has 0 unspecified atom stereocenters. The van der Waals surface area contributed by atoms with Gasteiger partial charge in [-0.15, -0.1) is 0 Å². The summed E-state index contributed by atoms with van der Waals surface area (Å²) < 4.78 is 0. The maximum atomic E-state index is 5.35. The van der Waals surface area contributed by atoms with Gasteiger partial charge in [0.15, 0.2) is 12.4 Å².